The lowest BCUT2D eigenvalue weighted by molar-refractivity contribution is 0.0958. The molecule has 2 aromatic heterocycles. The highest BCUT2D eigenvalue weighted by Crippen LogP contribution is 2.34. The molecule has 7 heteroatoms. The van der Waals surface area contributed by atoms with Crippen molar-refractivity contribution in [2.45, 2.75) is 31.7 Å². The van der Waals surface area contributed by atoms with Crippen molar-refractivity contribution in [1.29, 1.82) is 0 Å². The van der Waals surface area contributed by atoms with Crippen LogP contribution in [0.4, 0.5) is 5.13 Å². The van der Waals surface area contributed by atoms with E-state index in [0.29, 0.717) is 11.7 Å². The fraction of sp³-hybridized carbons (Fsp3) is 0.435. The van der Waals surface area contributed by atoms with Crippen LogP contribution in [0.5, 0.6) is 0 Å². The molecule has 1 amide bonds. The van der Waals surface area contributed by atoms with Gasteiger partial charge in [-0.2, -0.15) is 0 Å². The number of carbonyl (C=O) groups is 1. The second kappa shape index (κ2) is 8.32. The lowest BCUT2D eigenvalue weighted by Crippen LogP contribution is -2.40. The summed E-state index contributed by atoms with van der Waals surface area (Å²) in [6.45, 7) is 4.71. The van der Waals surface area contributed by atoms with Crippen molar-refractivity contribution in [1.82, 2.24) is 20.2 Å². The van der Waals surface area contributed by atoms with Crippen molar-refractivity contribution in [3.05, 3.63) is 42.2 Å². The molecule has 6 nitrogen and oxygen atoms in total. The number of pyridine rings is 1. The van der Waals surface area contributed by atoms with Crippen LogP contribution in [0.15, 0.2) is 36.5 Å². The maximum absolute atomic E-state index is 11.7. The number of piperidine rings is 1. The van der Waals surface area contributed by atoms with Crippen LogP contribution < -0.4 is 10.2 Å². The van der Waals surface area contributed by atoms with Crippen LogP contribution in [0, 0.1) is 0 Å². The highest BCUT2D eigenvalue weighted by atomic mass is 32.1. The molecule has 2 saturated heterocycles. The summed E-state index contributed by atoms with van der Waals surface area (Å²) >= 11 is 1.78. The zero-order chi connectivity index (χ0) is 20.5. The van der Waals surface area contributed by atoms with E-state index in [9.17, 15) is 4.79 Å². The molecule has 1 aromatic carbocycles. The fourth-order valence-electron chi connectivity index (χ4n) is 4.55. The Balaban J connectivity index is 1.33. The Bertz CT molecular complexity index is 1040. The quantitative estimate of drug-likeness (QED) is 0.695. The first-order valence-electron chi connectivity index (χ1n) is 10.8. The van der Waals surface area contributed by atoms with E-state index >= 15 is 0 Å². The van der Waals surface area contributed by atoms with Crippen LogP contribution in [0.3, 0.4) is 0 Å². The van der Waals surface area contributed by atoms with Crippen molar-refractivity contribution in [2.75, 3.05) is 38.1 Å². The first-order chi connectivity index (χ1) is 14.7. The van der Waals surface area contributed by atoms with Gasteiger partial charge in [0.1, 0.15) is 5.69 Å². The number of amides is 1. The molecule has 0 radical (unpaired) electrons. The first kappa shape index (κ1) is 19.5. The molecule has 0 unspecified atom stereocenters. The summed E-state index contributed by atoms with van der Waals surface area (Å²) in [7, 11) is 1.61. The largest absolute Gasteiger partial charge is 0.354 e. The van der Waals surface area contributed by atoms with Gasteiger partial charge in [-0.15, -0.1) is 0 Å². The Kier molecular flexibility index (Phi) is 5.39. The van der Waals surface area contributed by atoms with Gasteiger partial charge in [0.15, 0.2) is 5.13 Å². The number of fused-ring (bicyclic) bond motifs is 1. The summed E-state index contributed by atoms with van der Waals surface area (Å²) < 4.78 is 1.19. The molecule has 2 aliphatic heterocycles. The van der Waals surface area contributed by atoms with Gasteiger partial charge in [-0.05, 0) is 56.1 Å². The molecular weight excluding hydrogens is 394 g/mol. The molecule has 4 heterocycles. The predicted molar refractivity (Wildman–Crippen MR) is 122 cm³/mol. The van der Waals surface area contributed by atoms with Gasteiger partial charge in [-0.1, -0.05) is 29.9 Å². The number of hydrogen-bond acceptors (Lipinski definition) is 6. The molecule has 156 valence electrons. The van der Waals surface area contributed by atoms with Crippen molar-refractivity contribution in [3.63, 3.8) is 0 Å². The third kappa shape index (κ3) is 3.79. The third-order valence-electron chi connectivity index (χ3n) is 6.27. The van der Waals surface area contributed by atoms with Gasteiger partial charge in [0.25, 0.3) is 5.91 Å². The standard InChI is InChI=1S/C23H27N5OS/c1-24-22(29)20-8-6-17(14-25-20)16-5-7-19-21(13-16)30-23(26-19)28-12-9-18(15-28)27-10-3-2-4-11-27/h5-8,13-14,18H,2-4,9-12,15H2,1H3,(H,24,29)/t18-/m1/s1. The van der Waals surface area contributed by atoms with Crippen LogP contribution in [-0.2, 0) is 0 Å². The predicted octanol–water partition coefficient (Wildman–Crippen LogP) is 3.78. The zero-order valence-corrected chi connectivity index (χ0v) is 18.1. The maximum atomic E-state index is 11.7. The van der Waals surface area contributed by atoms with Crippen molar-refractivity contribution < 1.29 is 4.79 Å². The minimum Gasteiger partial charge on any atom is -0.354 e. The Morgan fingerprint density at radius 2 is 1.93 bits per heavy atom. The number of aromatic nitrogens is 2. The molecule has 1 N–H and O–H groups in total. The molecule has 30 heavy (non-hydrogen) atoms. The molecule has 0 saturated carbocycles. The summed E-state index contributed by atoms with van der Waals surface area (Å²) in [6, 6.07) is 10.8. The summed E-state index contributed by atoms with van der Waals surface area (Å²) in [6.07, 6.45) is 7.08. The van der Waals surface area contributed by atoms with Crippen molar-refractivity contribution in [2.24, 2.45) is 0 Å². The minimum absolute atomic E-state index is 0.169. The van der Waals surface area contributed by atoms with Gasteiger partial charge in [-0.25, -0.2) is 4.98 Å². The van der Waals surface area contributed by atoms with Gasteiger partial charge in [0.2, 0.25) is 0 Å². The SMILES string of the molecule is CNC(=O)c1ccc(-c2ccc3nc(N4CC[C@@H](N5CCCCC5)C4)sc3c2)cn1. The zero-order valence-electron chi connectivity index (χ0n) is 17.3. The van der Waals surface area contributed by atoms with Crippen LogP contribution in [0.25, 0.3) is 21.3 Å². The van der Waals surface area contributed by atoms with Gasteiger partial charge < -0.3 is 10.2 Å². The van der Waals surface area contributed by atoms with Gasteiger partial charge >= 0.3 is 0 Å². The lowest BCUT2D eigenvalue weighted by atomic mass is 10.1. The van der Waals surface area contributed by atoms with E-state index in [2.05, 4.69) is 38.3 Å². The van der Waals surface area contributed by atoms with Crippen LogP contribution in [0.1, 0.15) is 36.2 Å². The monoisotopic (exact) mass is 421 g/mol. The summed E-state index contributed by atoms with van der Waals surface area (Å²) in [5.74, 6) is -0.169. The van der Waals surface area contributed by atoms with Gasteiger partial charge in [-0.3, -0.25) is 14.7 Å². The normalized spacial score (nSPS) is 20.0. The van der Waals surface area contributed by atoms with E-state index in [1.54, 1.807) is 30.6 Å². The summed E-state index contributed by atoms with van der Waals surface area (Å²) in [4.78, 5) is 26.1. The van der Waals surface area contributed by atoms with E-state index in [-0.39, 0.29) is 5.91 Å². The number of thiazole rings is 1. The van der Waals surface area contributed by atoms with E-state index in [1.165, 1.54) is 43.5 Å². The molecule has 2 aliphatic rings. The van der Waals surface area contributed by atoms with E-state index in [4.69, 9.17) is 4.98 Å². The first-order valence-corrected chi connectivity index (χ1v) is 11.6. The van der Waals surface area contributed by atoms with Crippen molar-refractivity contribution >= 4 is 32.6 Å². The Morgan fingerprint density at radius 3 is 2.70 bits per heavy atom. The number of nitrogens with one attached hydrogen (secondary N) is 1. The van der Waals surface area contributed by atoms with Crippen LogP contribution >= 0.6 is 11.3 Å². The maximum Gasteiger partial charge on any atom is 0.269 e. The summed E-state index contributed by atoms with van der Waals surface area (Å²) in [5, 5.41) is 3.74. The molecule has 0 aliphatic carbocycles. The third-order valence-corrected chi connectivity index (χ3v) is 7.35. The van der Waals surface area contributed by atoms with E-state index in [1.807, 2.05) is 6.07 Å². The van der Waals surface area contributed by atoms with Crippen LogP contribution in [0.2, 0.25) is 0 Å². The second-order valence-corrected chi connectivity index (χ2v) is 9.18. The number of nitrogens with zero attached hydrogens (tertiary/aromatic N) is 4. The average Bonchev–Trinajstić information content (AvgIpc) is 3.46. The average molecular weight is 422 g/mol. The van der Waals surface area contributed by atoms with Crippen molar-refractivity contribution in [3.8, 4) is 11.1 Å². The molecule has 0 bridgehead atoms. The topological polar surface area (TPSA) is 61.4 Å². The Morgan fingerprint density at radius 1 is 1.10 bits per heavy atom. The molecule has 1 atom stereocenters. The molecule has 3 aromatic rings. The molecule has 2 fully saturated rings. The number of rotatable bonds is 4. The number of anilines is 1. The number of likely N-dealkylation sites (tertiary alicyclic amines) is 1. The van der Waals surface area contributed by atoms with Gasteiger partial charge in [0.05, 0.1) is 10.2 Å². The van der Waals surface area contributed by atoms with E-state index in [0.717, 1.165) is 34.9 Å². The Hall–Kier alpha value is -2.51. The second-order valence-electron chi connectivity index (χ2n) is 8.18. The molecular formula is C23H27N5OS. The number of benzene rings is 1. The number of carbonyl (C=O) groups excluding carboxylic acids is 1. The lowest BCUT2D eigenvalue weighted by Gasteiger charge is -2.32. The minimum atomic E-state index is -0.169. The molecule has 5 rings (SSSR count). The molecule has 0 spiro atoms. The number of hydrogen-bond donors (Lipinski definition) is 1. The fourth-order valence-corrected chi connectivity index (χ4v) is 5.59. The smallest absolute Gasteiger partial charge is 0.269 e. The van der Waals surface area contributed by atoms with Crippen LogP contribution in [-0.4, -0.2) is 60.0 Å². The summed E-state index contributed by atoms with van der Waals surface area (Å²) in [5.41, 5.74) is 3.59. The Labute approximate surface area is 180 Å². The highest BCUT2D eigenvalue weighted by molar-refractivity contribution is 7.22. The van der Waals surface area contributed by atoms with Gasteiger partial charge in [0, 0.05) is 37.9 Å². The highest BCUT2D eigenvalue weighted by Gasteiger charge is 2.29. The van der Waals surface area contributed by atoms with E-state index < -0.39 is 0 Å².